The Kier molecular flexibility index (Phi) is 59.6. The van der Waals surface area contributed by atoms with Crippen LogP contribution in [0.1, 0.15) is 350 Å². The van der Waals surface area contributed by atoms with Gasteiger partial charge in [0.2, 0.25) is 0 Å². The minimum absolute atomic E-state index is 0.104. The van der Waals surface area contributed by atoms with Crippen molar-refractivity contribution in [3.05, 3.63) is 0 Å². The molecule has 0 aromatic heterocycles. The topological polar surface area (TPSA) is 237 Å². The third-order valence-electron chi connectivity index (χ3n) is 16.5. The van der Waals surface area contributed by atoms with Crippen LogP contribution in [0.15, 0.2) is 0 Å². The standard InChI is InChI=1S/C70H136O17P2/c1-8-10-11-12-27-37-44-51-67(72)80-57-65(87-70(75)54-47-40-33-26-25-29-35-42-49-62(5)6)59-84-88(76,77)82-55-64(71)56-83-89(78,79)85-60-66(58-81-68(73)52-45-38-31-23-20-19-21-28-34-41-48-61(3)4)86-69(74)53-46-39-32-24-18-16-14-13-15-17-22-30-36-43-50-63(7)9-2/h61-66,71H,8-60H2,1-7H3,(H,76,77)(H,78,79)/t63?,64-,65+,66+/m0/s1. The average Bonchev–Trinajstić information content (AvgIpc) is 3.71. The molecule has 0 amide bonds. The van der Waals surface area contributed by atoms with E-state index in [2.05, 4.69) is 48.5 Å². The van der Waals surface area contributed by atoms with Gasteiger partial charge >= 0.3 is 39.5 Å². The number of carbonyl (C=O) groups excluding carboxylic acids is 4. The maximum atomic E-state index is 13.0. The number of ether oxygens (including phenoxy) is 4. The molecule has 0 rings (SSSR count). The number of phosphoric acid groups is 2. The van der Waals surface area contributed by atoms with E-state index >= 15 is 0 Å². The highest BCUT2D eigenvalue weighted by Gasteiger charge is 2.30. The molecule has 3 unspecified atom stereocenters. The Balaban J connectivity index is 5.20. The Labute approximate surface area is 543 Å². The molecule has 6 atom stereocenters. The summed E-state index contributed by atoms with van der Waals surface area (Å²) in [5.41, 5.74) is 0. The molecule has 0 bridgehead atoms. The van der Waals surface area contributed by atoms with E-state index in [-0.39, 0.29) is 25.7 Å². The van der Waals surface area contributed by atoms with Gasteiger partial charge in [0.1, 0.15) is 19.3 Å². The number of hydrogen-bond donors (Lipinski definition) is 3. The fourth-order valence-corrected chi connectivity index (χ4v) is 12.1. The van der Waals surface area contributed by atoms with Gasteiger partial charge < -0.3 is 33.8 Å². The summed E-state index contributed by atoms with van der Waals surface area (Å²) in [6.07, 6.45) is 44.5. The zero-order chi connectivity index (χ0) is 65.9. The first-order valence-electron chi connectivity index (χ1n) is 36.4. The van der Waals surface area contributed by atoms with Gasteiger partial charge in [-0.1, -0.05) is 299 Å². The van der Waals surface area contributed by atoms with Gasteiger partial charge in [-0.05, 0) is 43.4 Å². The number of aliphatic hydroxyl groups is 1. The Morgan fingerprint density at radius 2 is 0.573 bits per heavy atom. The molecule has 0 heterocycles. The molecule has 17 nitrogen and oxygen atoms in total. The summed E-state index contributed by atoms with van der Waals surface area (Å²) < 4.78 is 68.2. The van der Waals surface area contributed by atoms with Crippen molar-refractivity contribution in [3.63, 3.8) is 0 Å². The van der Waals surface area contributed by atoms with E-state index in [1.165, 1.54) is 148 Å². The fourth-order valence-electron chi connectivity index (χ4n) is 10.5. The molecule has 0 aliphatic heterocycles. The molecule has 0 spiro atoms. The van der Waals surface area contributed by atoms with Crippen LogP contribution >= 0.6 is 15.6 Å². The van der Waals surface area contributed by atoms with Gasteiger partial charge in [0.15, 0.2) is 12.2 Å². The molecule has 0 aromatic carbocycles. The van der Waals surface area contributed by atoms with Crippen molar-refractivity contribution in [3.8, 4) is 0 Å². The number of unbranched alkanes of at least 4 members (excludes halogenated alkanes) is 35. The lowest BCUT2D eigenvalue weighted by Crippen LogP contribution is -2.30. The zero-order valence-corrected chi connectivity index (χ0v) is 59.7. The van der Waals surface area contributed by atoms with Crippen molar-refractivity contribution < 1.29 is 80.2 Å². The summed E-state index contributed by atoms with van der Waals surface area (Å²) in [5, 5.41) is 10.6. The van der Waals surface area contributed by atoms with Crippen molar-refractivity contribution >= 4 is 39.5 Å². The van der Waals surface area contributed by atoms with Gasteiger partial charge in [-0.3, -0.25) is 37.3 Å². The van der Waals surface area contributed by atoms with Crippen molar-refractivity contribution in [2.75, 3.05) is 39.6 Å². The second kappa shape index (κ2) is 61.0. The number of aliphatic hydroxyl groups excluding tert-OH is 1. The maximum Gasteiger partial charge on any atom is 0.472 e. The van der Waals surface area contributed by atoms with Crippen LogP contribution in [0.2, 0.25) is 0 Å². The summed E-state index contributed by atoms with van der Waals surface area (Å²) in [4.78, 5) is 72.4. The molecule has 0 aliphatic rings. The van der Waals surface area contributed by atoms with Gasteiger partial charge in [-0.15, -0.1) is 0 Å². The lowest BCUT2D eigenvalue weighted by Gasteiger charge is -2.21. The monoisotopic (exact) mass is 1310 g/mol. The molecule has 0 aromatic rings. The zero-order valence-electron chi connectivity index (χ0n) is 57.9. The molecule has 0 saturated heterocycles. The van der Waals surface area contributed by atoms with Crippen LogP contribution in [0.3, 0.4) is 0 Å². The van der Waals surface area contributed by atoms with E-state index < -0.39 is 97.5 Å². The Morgan fingerprint density at radius 1 is 0.326 bits per heavy atom. The van der Waals surface area contributed by atoms with Gasteiger partial charge in [-0.2, -0.15) is 0 Å². The van der Waals surface area contributed by atoms with Crippen LogP contribution in [0.25, 0.3) is 0 Å². The Bertz CT molecular complexity index is 1750. The summed E-state index contributed by atoms with van der Waals surface area (Å²) in [6, 6.07) is 0. The number of hydrogen-bond acceptors (Lipinski definition) is 15. The molecular formula is C70H136O17P2. The van der Waals surface area contributed by atoms with Gasteiger partial charge in [0.05, 0.1) is 26.4 Å². The highest BCUT2D eigenvalue weighted by Crippen LogP contribution is 2.45. The number of phosphoric ester groups is 2. The van der Waals surface area contributed by atoms with E-state index in [0.717, 1.165) is 120 Å². The Hall–Kier alpha value is -1.94. The highest BCUT2D eigenvalue weighted by atomic mass is 31.2. The summed E-state index contributed by atoms with van der Waals surface area (Å²) in [5.74, 6) is 0.191. The lowest BCUT2D eigenvalue weighted by atomic mass is 9.99. The van der Waals surface area contributed by atoms with Crippen LogP contribution in [0, 0.1) is 17.8 Å². The van der Waals surface area contributed by atoms with Crippen molar-refractivity contribution in [2.45, 2.75) is 369 Å². The second-order valence-corrected chi connectivity index (χ2v) is 29.4. The minimum Gasteiger partial charge on any atom is -0.462 e. The van der Waals surface area contributed by atoms with Crippen LogP contribution in [0.4, 0.5) is 0 Å². The van der Waals surface area contributed by atoms with Crippen LogP contribution < -0.4 is 0 Å². The molecular weight excluding hydrogens is 1170 g/mol. The van der Waals surface area contributed by atoms with E-state index in [1.54, 1.807) is 0 Å². The van der Waals surface area contributed by atoms with E-state index in [1.807, 2.05) is 0 Å². The summed E-state index contributed by atoms with van der Waals surface area (Å²) >= 11 is 0. The summed E-state index contributed by atoms with van der Waals surface area (Å²) in [7, 11) is -9.90. The minimum atomic E-state index is -4.95. The van der Waals surface area contributed by atoms with Crippen molar-refractivity contribution in [1.82, 2.24) is 0 Å². The van der Waals surface area contributed by atoms with Gasteiger partial charge in [0, 0.05) is 25.7 Å². The largest absolute Gasteiger partial charge is 0.472 e. The lowest BCUT2D eigenvalue weighted by molar-refractivity contribution is -0.161. The molecule has 0 saturated carbocycles. The van der Waals surface area contributed by atoms with Gasteiger partial charge in [-0.25, -0.2) is 9.13 Å². The van der Waals surface area contributed by atoms with Gasteiger partial charge in [0.25, 0.3) is 0 Å². The highest BCUT2D eigenvalue weighted by molar-refractivity contribution is 7.47. The SMILES string of the molecule is CCCCCCCCCC(=O)OC[C@H](COP(=O)(O)OC[C@H](O)COP(=O)(O)OC[C@@H](COC(=O)CCCCCCCCCCCCC(C)C)OC(=O)CCCCCCCCCCCCCCCCC(C)CC)OC(=O)CCCCCCCCCCC(C)C. The normalized spacial score (nSPS) is 14.5. The Morgan fingerprint density at radius 3 is 0.854 bits per heavy atom. The smallest absolute Gasteiger partial charge is 0.462 e. The molecule has 3 N–H and O–H groups in total. The first-order valence-corrected chi connectivity index (χ1v) is 39.4. The van der Waals surface area contributed by atoms with E-state index in [9.17, 15) is 43.2 Å². The van der Waals surface area contributed by atoms with Crippen molar-refractivity contribution in [2.24, 2.45) is 17.8 Å². The number of rotatable bonds is 68. The number of esters is 4. The molecule has 89 heavy (non-hydrogen) atoms. The predicted octanol–water partition coefficient (Wildman–Crippen LogP) is 19.8. The van der Waals surface area contributed by atoms with Crippen LogP contribution in [-0.4, -0.2) is 96.7 Å². The van der Waals surface area contributed by atoms with E-state index in [4.69, 9.17) is 37.0 Å². The summed E-state index contributed by atoms with van der Waals surface area (Å²) in [6.45, 7) is 11.8. The maximum absolute atomic E-state index is 13.0. The molecule has 0 aliphatic carbocycles. The molecule has 19 heteroatoms. The van der Waals surface area contributed by atoms with Crippen LogP contribution in [-0.2, 0) is 65.4 Å². The fraction of sp³-hybridized carbons (Fsp3) is 0.943. The predicted molar refractivity (Wildman–Crippen MR) is 358 cm³/mol. The average molecular weight is 1310 g/mol. The second-order valence-electron chi connectivity index (χ2n) is 26.5. The van der Waals surface area contributed by atoms with Crippen molar-refractivity contribution in [1.29, 1.82) is 0 Å². The third-order valence-corrected chi connectivity index (χ3v) is 18.4. The first kappa shape index (κ1) is 87.1. The first-order chi connectivity index (χ1) is 42.8. The third kappa shape index (κ3) is 63.2. The quantitative estimate of drug-likeness (QED) is 0.0222. The van der Waals surface area contributed by atoms with E-state index in [0.29, 0.717) is 25.7 Å². The number of carbonyl (C=O) groups is 4. The molecule has 0 radical (unpaired) electrons. The van der Waals surface area contributed by atoms with Crippen LogP contribution in [0.5, 0.6) is 0 Å². The molecule has 528 valence electrons. The molecule has 0 fully saturated rings.